The van der Waals surface area contributed by atoms with Gasteiger partial charge in [-0.1, -0.05) is 0 Å². The highest BCUT2D eigenvalue weighted by Gasteiger charge is 2.30. The second-order valence-electron chi connectivity index (χ2n) is 6.30. The van der Waals surface area contributed by atoms with Gasteiger partial charge >= 0.3 is 5.97 Å². The van der Waals surface area contributed by atoms with Crippen molar-refractivity contribution in [3.63, 3.8) is 0 Å². The quantitative estimate of drug-likeness (QED) is 0.783. The summed E-state index contributed by atoms with van der Waals surface area (Å²) in [5.74, 6) is 0.209. The molecule has 0 aromatic heterocycles. The fourth-order valence-corrected chi connectivity index (χ4v) is 3.44. The summed E-state index contributed by atoms with van der Waals surface area (Å²) < 4.78 is 0. The zero-order valence-corrected chi connectivity index (χ0v) is 12.7. The second-order valence-corrected chi connectivity index (χ2v) is 6.30. The number of nitrogens with zero attached hydrogens (tertiary/aromatic N) is 2. The van der Waals surface area contributed by atoms with Crippen molar-refractivity contribution in [1.82, 2.24) is 9.80 Å². The van der Waals surface area contributed by atoms with E-state index in [2.05, 4.69) is 0 Å². The lowest BCUT2D eigenvalue weighted by Gasteiger charge is -2.31. The number of carbonyl (C=O) groups excluding carboxylic acids is 1. The van der Waals surface area contributed by atoms with Crippen LogP contribution in [-0.4, -0.2) is 66.1 Å². The molecule has 1 amide bonds. The number of rotatable bonds is 4. The molecule has 0 aromatic rings. The lowest BCUT2D eigenvalue weighted by Crippen LogP contribution is -2.41. The topological polar surface area (TPSA) is 86.9 Å². The highest BCUT2D eigenvalue weighted by molar-refractivity contribution is 5.79. The summed E-state index contributed by atoms with van der Waals surface area (Å²) in [7, 11) is 0. The molecule has 2 aliphatic rings. The van der Waals surface area contributed by atoms with E-state index < -0.39 is 5.97 Å². The minimum Gasteiger partial charge on any atom is -0.480 e. The van der Waals surface area contributed by atoms with Crippen molar-refractivity contribution in [2.24, 2.45) is 17.6 Å². The molecule has 0 unspecified atom stereocenters. The van der Waals surface area contributed by atoms with Crippen LogP contribution >= 0.6 is 0 Å². The Morgan fingerprint density at radius 3 is 2.38 bits per heavy atom. The monoisotopic (exact) mass is 297 g/mol. The van der Waals surface area contributed by atoms with Gasteiger partial charge in [-0.2, -0.15) is 0 Å². The molecular weight excluding hydrogens is 270 g/mol. The summed E-state index contributed by atoms with van der Waals surface area (Å²) in [4.78, 5) is 27.2. The van der Waals surface area contributed by atoms with Crippen LogP contribution in [0.4, 0.5) is 0 Å². The smallest absolute Gasteiger partial charge is 0.317 e. The van der Waals surface area contributed by atoms with Gasteiger partial charge in [-0.15, -0.1) is 0 Å². The van der Waals surface area contributed by atoms with Gasteiger partial charge in [-0.25, -0.2) is 0 Å². The van der Waals surface area contributed by atoms with E-state index in [0.29, 0.717) is 19.0 Å². The van der Waals surface area contributed by atoms with Crippen molar-refractivity contribution in [2.75, 3.05) is 39.3 Å². The molecule has 0 bridgehead atoms. The molecule has 1 heterocycles. The average Bonchev–Trinajstić information content (AvgIpc) is 2.71. The Morgan fingerprint density at radius 1 is 1.05 bits per heavy atom. The first kappa shape index (κ1) is 16.2. The van der Waals surface area contributed by atoms with Gasteiger partial charge in [0.05, 0.1) is 6.54 Å². The Bertz CT molecular complexity index is 367. The minimum absolute atomic E-state index is 0.0731. The molecule has 6 nitrogen and oxygen atoms in total. The SMILES string of the molecule is NCC1CCC(C(=O)N2CCCN(CC(=O)O)CC2)CC1. The summed E-state index contributed by atoms with van der Waals surface area (Å²) in [6.07, 6.45) is 4.89. The predicted octanol–water partition coefficient (Wildman–Crippen LogP) is 0.370. The Morgan fingerprint density at radius 2 is 1.76 bits per heavy atom. The van der Waals surface area contributed by atoms with Gasteiger partial charge in [0.15, 0.2) is 0 Å². The van der Waals surface area contributed by atoms with Crippen LogP contribution in [0.3, 0.4) is 0 Å². The molecule has 0 aromatic carbocycles. The predicted molar refractivity (Wildman–Crippen MR) is 79.8 cm³/mol. The van der Waals surface area contributed by atoms with Crippen LogP contribution in [0.2, 0.25) is 0 Å². The van der Waals surface area contributed by atoms with Gasteiger partial charge in [0.2, 0.25) is 5.91 Å². The van der Waals surface area contributed by atoms with Gasteiger partial charge in [0.25, 0.3) is 0 Å². The number of carbonyl (C=O) groups is 2. The lowest BCUT2D eigenvalue weighted by atomic mass is 9.81. The van der Waals surface area contributed by atoms with Crippen molar-refractivity contribution < 1.29 is 14.7 Å². The molecule has 2 rings (SSSR count). The maximum atomic E-state index is 12.6. The van der Waals surface area contributed by atoms with Crippen LogP contribution in [0.25, 0.3) is 0 Å². The van der Waals surface area contributed by atoms with Crippen molar-refractivity contribution >= 4 is 11.9 Å². The first-order valence-electron chi connectivity index (χ1n) is 8.03. The zero-order valence-electron chi connectivity index (χ0n) is 12.7. The summed E-state index contributed by atoms with van der Waals surface area (Å²) in [6, 6.07) is 0. The van der Waals surface area contributed by atoms with E-state index in [1.807, 2.05) is 9.80 Å². The third-order valence-corrected chi connectivity index (χ3v) is 4.79. The van der Waals surface area contributed by atoms with Crippen LogP contribution in [0.5, 0.6) is 0 Å². The molecule has 0 atom stereocenters. The summed E-state index contributed by atoms with van der Waals surface area (Å²) in [5.41, 5.74) is 5.69. The van der Waals surface area contributed by atoms with Crippen LogP contribution in [-0.2, 0) is 9.59 Å². The average molecular weight is 297 g/mol. The third kappa shape index (κ3) is 4.68. The molecule has 0 radical (unpaired) electrons. The van der Waals surface area contributed by atoms with Crippen molar-refractivity contribution in [1.29, 1.82) is 0 Å². The minimum atomic E-state index is -0.796. The highest BCUT2D eigenvalue weighted by atomic mass is 16.4. The maximum absolute atomic E-state index is 12.6. The van der Waals surface area contributed by atoms with Crippen LogP contribution in [0, 0.1) is 11.8 Å². The first-order valence-corrected chi connectivity index (χ1v) is 8.03. The number of nitrogens with two attached hydrogens (primary N) is 1. The second kappa shape index (κ2) is 7.75. The maximum Gasteiger partial charge on any atom is 0.317 e. The molecular formula is C15H27N3O3. The molecule has 120 valence electrons. The van der Waals surface area contributed by atoms with Gasteiger partial charge < -0.3 is 15.7 Å². The van der Waals surface area contributed by atoms with Crippen LogP contribution in [0.1, 0.15) is 32.1 Å². The van der Waals surface area contributed by atoms with E-state index in [9.17, 15) is 9.59 Å². The van der Waals surface area contributed by atoms with Crippen LogP contribution in [0.15, 0.2) is 0 Å². The van der Waals surface area contributed by atoms with E-state index in [-0.39, 0.29) is 18.4 Å². The molecule has 2 fully saturated rings. The van der Waals surface area contributed by atoms with Gasteiger partial charge in [-0.3, -0.25) is 14.5 Å². The Kier molecular flexibility index (Phi) is 5.99. The number of hydrogen-bond acceptors (Lipinski definition) is 4. The first-order chi connectivity index (χ1) is 10.1. The largest absolute Gasteiger partial charge is 0.480 e. The number of carboxylic acids is 1. The van der Waals surface area contributed by atoms with Gasteiger partial charge in [0, 0.05) is 32.1 Å². The fraction of sp³-hybridized carbons (Fsp3) is 0.867. The van der Waals surface area contributed by atoms with Gasteiger partial charge in [0.1, 0.15) is 0 Å². The van der Waals surface area contributed by atoms with E-state index in [4.69, 9.17) is 10.8 Å². The molecule has 6 heteroatoms. The van der Waals surface area contributed by atoms with E-state index >= 15 is 0 Å². The normalized spacial score (nSPS) is 28.1. The number of aliphatic carboxylic acids is 1. The number of hydrogen-bond donors (Lipinski definition) is 2. The number of amides is 1. The van der Waals surface area contributed by atoms with Gasteiger partial charge in [-0.05, 0) is 44.6 Å². The molecule has 1 aliphatic heterocycles. The lowest BCUT2D eigenvalue weighted by molar-refractivity contribution is -0.138. The summed E-state index contributed by atoms with van der Waals surface area (Å²) in [5, 5.41) is 8.85. The van der Waals surface area contributed by atoms with E-state index in [1.165, 1.54) is 0 Å². The van der Waals surface area contributed by atoms with E-state index in [0.717, 1.165) is 51.7 Å². The number of carboxylic acid groups (broad SMARTS) is 1. The zero-order chi connectivity index (χ0) is 15.2. The fourth-order valence-electron chi connectivity index (χ4n) is 3.44. The highest BCUT2D eigenvalue weighted by Crippen LogP contribution is 2.29. The molecule has 3 N–H and O–H groups in total. The molecule has 1 saturated heterocycles. The molecule has 1 saturated carbocycles. The molecule has 21 heavy (non-hydrogen) atoms. The Labute approximate surface area is 126 Å². The summed E-state index contributed by atoms with van der Waals surface area (Å²) in [6.45, 7) is 3.64. The molecule has 0 spiro atoms. The Hall–Kier alpha value is -1.14. The van der Waals surface area contributed by atoms with Crippen molar-refractivity contribution in [3.05, 3.63) is 0 Å². The third-order valence-electron chi connectivity index (χ3n) is 4.79. The Balaban J connectivity index is 1.81. The molecule has 1 aliphatic carbocycles. The standard InChI is InChI=1S/C15H27N3O3/c16-10-12-2-4-13(5-3-12)15(21)18-7-1-6-17(8-9-18)11-14(19)20/h12-13H,1-11,16H2,(H,19,20). The van der Waals surface area contributed by atoms with Crippen molar-refractivity contribution in [3.8, 4) is 0 Å². The summed E-state index contributed by atoms with van der Waals surface area (Å²) >= 11 is 0. The van der Waals surface area contributed by atoms with Crippen LogP contribution < -0.4 is 5.73 Å². The van der Waals surface area contributed by atoms with E-state index in [1.54, 1.807) is 0 Å². The van der Waals surface area contributed by atoms with Crippen molar-refractivity contribution in [2.45, 2.75) is 32.1 Å².